The smallest absolute Gasteiger partial charge is 0.248 e. The van der Waals surface area contributed by atoms with Crippen LogP contribution in [0.5, 0.6) is 0 Å². The number of piperazine rings is 1. The Bertz CT molecular complexity index is 562. The molecule has 1 aromatic rings. The molecule has 2 amide bonds. The van der Waals surface area contributed by atoms with Crippen LogP contribution in [0.4, 0.5) is 8.78 Å². The zero-order valence-electron chi connectivity index (χ0n) is 11.4. The summed E-state index contributed by atoms with van der Waals surface area (Å²) in [6.45, 7) is 3.14. The van der Waals surface area contributed by atoms with Crippen LogP contribution in [0, 0.1) is 11.6 Å². The third-order valence-electron chi connectivity index (χ3n) is 3.61. The highest BCUT2D eigenvalue weighted by atomic mass is 19.2. The summed E-state index contributed by atoms with van der Waals surface area (Å²) in [5, 5.41) is 2.64. The molecule has 0 spiro atoms. The Morgan fingerprint density at radius 3 is 2.70 bits per heavy atom. The third kappa shape index (κ3) is 2.50. The highest BCUT2D eigenvalue weighted by Gasteiger charge is 2.41. The number of amides is 2. The highest BCUT2D eigenvalue weighted by molar-refractivity contribution is 5.97. The van der Waals surface area contributed by atoms with Crippen molar-refractivity contribution < 1.29 is 18.4 Å². The maximum Gasteiger partial charge on any atom is 0.248 e. The van der Waals surface area contributed by atoms with Crippen LogP contribution >= 0.6 is 0 Å². The molecule has 0 aliphatic carbocycles. The van der Waals surface area contributed by atoms with Crippen LogP contribution in [0.25, 0.3) is 0 Å². The zero-order chi connectivity index (χ0) is 14.9. The average Bonchev–Trinajstić information content (AvgIpc) is 2.40. The minimum atomic E-state index is -0.987. The van der Waals surface area contributed by atoms with Crippen molar-refractivity contribution in [2.24, 2.45) is 0 Å². The van der Waals surface area contributed by atoms with E-state index in [9.17, 15) is 18.4 Å². The maximum absolute atomic E-state index is 13.6. The Hall–Kier alpha value is -1.98. The van der Waals surface area contributed by atoms with Crippen LogP contribution in [0.3, 0.4) is 0 Å². The van der Waals surface area contributed by atoms with Crippen molar-refractivity contribution in [3.05, 3.63) is 35.4 Å². The van der Waals surface area contributed by atoms with Crippen LogP contribution in [-0.4, -0.2) is 28.8 Å². The average molecular weight is 282 g/mol. The van der Waals surface area contributed by atoms with E-state index < -0.39 is 17.2 Å². The Balaban J connectivity index is 2.26. The standard InChI is InChI=1S/C14H16F2N2O2/c1-3-14(2)13(20)18(8-11(19)17-14)7-9-5-4-6-10(15)12(9)16/h4-6H,3,7-8H2,1-2H3,(H,17,19). The number of nitrogens with zero attached hydrogens (tertiary/aromatic N) is 1. The molecule has 108 valence electrons. The lowest BCUT2D eigenvalue weighted by Crippen LogP contribution is -2.64. The Morgan fingerprint density at radius 1 is 1.35 bits per heavy atom. The summed E-state index contributed by atoms with van der Waals surface area (Å²) in [7, 11) is 0. The number of hydrogen-bond acceptors (Lipinski definition) is 2. The second kappa shape index (κ2) is 5.19. The third-order valence-corrected chi connectivity index (χ3v) is 3.61. The van der Waals surface area contributed by atoms with Gasteiger partial charge in [0.2, 0.25) is 11.8 Å². The van der Waals surface area contributed by atoms with E-state index in [0.29, 0.717) is 6.42 Å². The van der Waals surface area contributed by atoms with Gasteiger partial charge in [-0.3, -0.25) is 9.59 Å². The summed E-state index contributed by atoms with van der Waals surface area (Å²) < 4.78 is 26.8. The van der Waals surface area contributed by atoms with Gasteiger partial charge in [-0.25, -0.2) is 8.78 Å². The molecule has 4 nitrogen and oxygen atoms in total. The SMILES string of the molecule is CCC1(C)NC(=O)CN(Cc2cccc(F)c2F)C1=O. The van der Waals surface area contributed by atoms with Crippen molar-refractivity contribution in [3.63, 3.8) is 0 Å². The van der Waals surface area contributed by atoms with Gasteiger partial charge in [0, 0.05) is 12.1 Å². The summed E-state index contributed by atoms with van der Waals surface area (Å²) in [4.78, 5) is 25.2. The minimum Gasteiger partial charge on any atom is -0.340 e. The Kier molecular flexibility index (Phi) is 3.74. The zero-order valence-corrected chi connectivity index (χ0v) is 11.4. The molecule has 0 aromatic heterocycles. The molecule has 1 aliphatic heterocycles. The first-order valence-electron chi connectivity index (χ1n) is 6.40. The van der Waals surface area contributed by atoms with E-state index in [1.807, 2.05) is 0 Å². The lowest BCUT2D eigenvalue weighted by molar-refractivity contribution is -0.150. The van der Waals surface area contributed by atoms with Gasteiger partial charge in [0.05, 0.1) is 6.54 Å². The first-order chi connectivity index (χ1) is 9.37. The molecule has 1 heterocycles. The predicted molar refractivity (Wildman–Crippen MR) is 68.6 cm³/mol. The summed E-state index contributed by atoms with van der Waals surface area (Å²) in [6.07, 6.45) is 0.430. The van der Waals surface area contributed by atoms with Gasteiger partial charge in [-0.1, -0.05) is 19.1 Å². The van der Waals surface area contributed by atoms with Gasteiger partial charge >= 0.3 is 0 Å². The number of nitrogens with one attached hydrogen (secondary N) is 1. The van der Waals surface area contributed by atoms with E-state index in [2.05, 4.69) is 5.32 Å². The second-order valence-electron chi connectivity index (χ2n) is 5.11. The fourth-order valence-corrected chi connectivity index (χ4v) is 2.24. The van der Waals surface area contributed by atoms with E-state index in [0.717, 1.165) is 6.07 Å². The Morgan fingerprint density at radius 2 is 2.05 bits per heavy atom. The number of halogens is 2. The molecule has 1 unspecified atom stereocenters. The monoisotopic (exact) mass is 282 g/mol. The number of rotatable bonds is 3. The largest absolute Gasteiger partial charge is 0.340 e. The fourth-order valence-electron chi connectivity index (χ4n) is 2.24. The van der Waals surface area contributed by atoms with E-state index in [1.165, 1.54) is 17.0 Å². The van der Waals surface area contributed by atoms with Gasteiger partial charge in [-0.2, -0.15) is 0 Å². The lowest BCUT2D eigenvalue weighted by atomic mass is 9.94. The predicted octanol–water partition coefficient (Wildman–Crippen LogP) is 1.59. The summed E-state index contributed by atoms with van der Waals surface area (Å²) in [5.74, 6) is -2.53. The second-order valence-corrected chi connectivity index (χ2v) is 5.11. The number of carbonyl (C=O) groups is 2. The molecular formula is C14H16F2N2O2. The van der Waals surface area contributed by atoms with Gasteiger partial charge in [-0.15, -0.1) is 0 Å². The normalized spacial score (nSPS) is 22.9. The first-order valence-corrected chi connectivity index (χ1v) is 6.40. The van der Waals surface area contributed by atoms with Gasteiger partial charge in [0.1, 0.15) is 5.54 Å². The van der Waals surface area contributed by atoms with Gasteiger partial charge in [0.15, 0.2) is 11.6 Å². The fraction of sp³-hybridized carbons (Fsp3) is 0.429. The molecule has 6 heteroatoms. The molecule has 1 atom stereocenters. The molecule has 1 fully saturated rings. The van der Waals surface area contributed by atoms with Crippen molar-refractivity contribution in [1.82, 2.24) is 10.2 Å². The van der Waals surface area contributed by atoms with Crippen molar-refractivity contribution in [2.45, 2.75) is 32.4 Å². The van der Waals surface area contributed by atoms with E-state index in [1.54, 1.807) is 13.8 Å². The molecule has 0 radical (unpaired) electrons. The van der Waals surface area contributed by atoms with Crippen LogP contribution < -0.4 is 5.32 Å². The quantitative estimate of drug-likeness (QED) is 0.915. The van der Waals surface area contributed by atoms with Crippen LogP contribution in [-0.2, 0) is 16.1 Å². The molecule has 1 saturated heterocycles. The molecule has 2 rings (SSSR count). The van der Waals surface area contributed by atoms with Crippen molar-refractivity contribution in [3.8, 4) is 0 Å². The number of carbonyl (C=O) groups excluding carboxylic acids is 2. The first kappa shape index (κ1) is 14.4. The van der Waals surface area contributed by atoms with E-state index >= 15 is 0 Å². The van der Waals surface area contributed by atoms with Crippen LogP contribution in [0.2, 0.25) is 0 Å². The molecule has 1 aliphatic rings. The molecular weight excluding hydrogens is 266 g/mol. The molecule has 0 saturated carbocycles. The summed E-state index contributed by atoms with van der Waals surface area (Å²) in [5.41, 5.74) is -0.925. The van der Waals surface area contributed by atoms with Crippen molar-refractivity contribution in [1.29, 1.82) is 0 Å². The minimum absolute atomic E-state index is 0.0616. The Labute approximate surface area is 115 Å². The van der Waals surface area contributed by atoms with Gasteiger partial charge < -0.3 is 10.2 Å². The molecule has 1 N–H and O–H groups in total. The topological polar surface area (TPSA) is 49.4 Å². The molecule has 0 bridgehead atoms. The summed E-state index contributed by atoms with van der Waals surface area (Å²) in [6, 6.07) is 3.79. The molecule has 20 heavy (non-hydrogen) atoms. The van der Waals surface area contributed by atoms with Crippen LogP contribution in [0.1, 0.15) is 25.8 Å². The summed E-state index contributed by atoms with van der Waals surface area (Å²) >= 11 is 0. The van der Waals surface area contributed by atoms with E-state index in [-0.39, 0.29) is 30.5 Å². The van der Waals surface area contributed by atoms with Gasteiger partial charge in [-0.05, 0) is 19.4 Å². The van der Waals surface area contributed by atoms with Crippen LogP contribution in [0.15, 0.2) is 18.2 Å². The number of benzene rings is 1. The van der Waals surface area contributed by atoms with Crippen molar-refractivity contribution >= 4 is 11.8 Å². The van der Waals surface area contributed by atoms with E-state index in [4.69, 9.17) is 0 Å². The highest BCUT2D eigenvalue weighted by Crippen LogP contribution is 2.21. The number of hydrogen-bond donors (Lipinski definition) is 1. The maximum atomic E-state index is 13.6. The lowest BCUT2D eigenvalue weighted by Gasteiger charge is -2.39. The molecule has 1 aromatic carbocycles. The van der Waals surface area contributed by atoms with Gasteiger partial charge in [0.25, 0.3) is 0 Å². The van der Waals surface area contributed by atoms with Crippen molar-refractivity contribution in [2.75, 3.05) is 6.54 Å².